The van der Waals surface area contributed by atoms with Gasteiger partial charge in [-0.25, -0.2) is 9.79 Å². The minimum Gasteiger partial charge on any atom is -0.493 e. The molecule has 0 aromatic heterocycles. The van der Waals surface area contributed by atoms with Gasteiger partial charge in [0, 0.05) is 25.2 Å². The van der Waals surface area contributed by atoms with Crippen LogP contribution in [0.3, 0.4) is 0 Å². The Hall–Kier alpha value is -2.49. The highest BCUT2D eigenvalue weighted by Crippen LogP contribution is 2.25. The zero-order valence-electron chi connectivity index (χ0n) is 17.4. The zero-order chi connectivity index (χ0) is 20.5. The monoisotopic (exact) mass is 524 g/mol. The SMILES string of the molecule is CCNC(=NCc1ccc(NC(=O)OC)cc1)NCCc1ccc2c(c1)CCO2.I. The quantitative estimate of drug-likeness (QED) is 0.292. The molecular formula is C22H29IN4O3. The molecule has 0 radical (unpaired) electrons. The lowest BCUT2D eigenvalue weighted by molar-refractivity contribution is 0.187. The van der Waals surface area contributed by atoms with Crippen LogP contribution in [0.1, 0.15) is 23.6 Å². The highest BCUT2D eigenvalue weighted by molar-refractivity contribution is 14.0. The van der Waals surface area contributed by atoms with Crippen molar-refractivity contribution in [3.05, 3.63) is 59.2 Å². The highest BCUT2D eigenvalue weighted by Gasteiger charge is 2.11. The number of fused-ring (bicyclic) bond motifs is 1. The molecule has 8 heteroatoms. The van der Waals surface area contributed by atoms with Crippen molar-refractivity contribution in [1.29, 1.82) is 0 Å². The van der Waals surface area contributed by atoms with Gasteiger partial charge in [-0.1, -0.05) is 24.3 Å². The molecule has 0 saturated heterocycles. The molecule has 30 heavy (non-hydrogen) atoms. The van der Waals surface area contributed by atoms with E-state index in [2.05, 4.69) is 43.9 Å². The second kappa shape index (κ2) is 12.3. The number of amides is 1. The van der Waals surface area contributed by atoms with Crippen molar-refractivity contribution < 1.29 is 14.3 Å². The Morgan fingerprint density at radius 2 is 1.90 bits per heavy atom. The van der Waals surface area contributed by atoms with Gasteiger partial charge >= 0.3 is 6.09 Å². The molecule has 0 bridgehead atoms. The molecule has 0 saturated carbocycles. The second-order valence-electron chi connectivity index (χ2n) is 6.73. The van der Waals surface area contributed by atoms with Gasteiger partial charge in [0.25, 0.3) is 0 Å². The van der Waals surface area contributed by atoms with E-state index >= 15 is 0 Å². The fourth-order valence-electron chi connectivity index (χ4n) is 3.10. The smallest absolute Gasteiger partial charge is 0.411 e. The summed E-state index contributed by atoms with van der Waals surface area (Å²) in [5, 5.41) is 9.29. The third-order valence-corrected chi connectivity index (χ3v) is 4.61. The van der Waals surface area contributed by atoms with E-state index in [1.807, 2.05) is 31.2 Å². The maximum atomic E-state index is 11.2. The zero-order valence-corrected chi connectivity index (χ0v) is 19.7. The van der Waals surface area contributed by atoms with Crippen LogP contribution in [-0.2, 0) is 24.1 Å². The molecule has 2 aromatic rings. The minimum absolute atomic E-state index is 0. The number of halogens is 1. The van der Waals surface area contributed by atoms with Gasteiger partial charge in [0.15, 0.2) is 5.96 Å². The molecule has 0 aliphatic carbocycles. The first-order chi connectivity index (χ1) is 14.2. The van der Waals surface area contributed by atoms with Crippen LogP contribution in [0, 0.1) is 0 Å². The number of hydrogen-bond donors (Lipinski definition) is 3. The molecule has 1 aliphatic rings. The first-order valence-corrected chi connectivity index (χ1v) is 9.88. The highest BCUT2D eigenvalue weighted by atomic mass is 127. The molecule has 0 atom stereocenters. The van der Waals surface area contributed by atoms with Crippen LogP contribution in [0.25, 0.3) is 0 Å². The Morgan fingerprint density at radius 3 is 2.63 bits per heavy atom. The van der Waals surface area contributed by atoms with Crippen LogP contribution in [-0.4, -0.2) is 38.9 Å². The molecule has 2 aromatic carbocycles. The summed E-state index contributed by atoms with van der Waals surface area (Å²) < 4.78 is 10.1. The third kappa shape index (κ3) is 7.08. The maximum Gasteiger partial charge on any atom is 0.411 e. The third-order valence-electron chi connectivity index (χ3n) is 4.61. The van der Waals surface area contributed by atoms with Crippen molar-refractivity contribution in [1.82, 2.24) is 10.6 Å². The van der Waals surface area contributed by atoms with Gasteiger partial charge in [-0.05, 0) is 48.2 Å². The van der Waals surface area contributed by atoms with Crippen LogP contribution in [0.4, 0.5) is 10.5 Å². The summed E-state index contributed by atoms with van der Waals surface area (Å²) in [6, 6.07) is 14.0. The summed E-state index contributed by atoms with van der Waals surface area (Å²) >= 11 is 0. The molecular weight excluding hydrogens is 495 g/mol. The molecule has 3 N–H and O–H groups in total. The maximum absolute atomic E-state index is 11.2. The van der Waals surface area contributed by atoms with Gasteiger partial charge in [-0.3, -0.25) is 5.32 Å². The molecule has 1 heterocycles. The minimum atomic E-state index is -0.481. The van der Waals surface area contributed by atoms with Gasteiger partial charge in [-0.15, -0.1) is 24.0 Å². The lowest BCUT2D eigenvalue weighted by Gasteiger charge is -2.12. The summed E-state index contributed by atoms with van der Waals surface area (Å²) in [5.74, 6) is 1.80. The molecule has 1 amide bonds. The Bertz CT molecular complexity index is 856. The van der Waals surface area contributed by atoms with Crippen molar-refractivity contribution in [2.45, 2.75) is 26.3 Å². The van der Waals surface area contributed by atoms with E-state index in [0.29, 0.717) is 12.2 Å². The first kappa shape index (κ1) is 23.8. The van der Waals surface area contributed by atoms with Gasteiger partial charge in [-0.2, -0.15) is 0 Å². The lowest BCUT2D eigenvalue weighted by Crippen LogP contribution is -2.38. The van der Waals surface area contributed by atoms with Crippen molar-refractivity contribution >= 4 is 41.7 Å². The second-order valence-corrected chi connectivity index (χ2v) is 6.73. The van der Waals surface area contributed by atoms with Crippen LogP contribution >= 0.6 is 24.0 Å². The van der Waals surface area contributed by atoms with E-state index in [-0.39, 0.29) is 24.0 Å². The summed E-state index contributed by atoms with van der Waals surface area (Å²) in [5.41, 5.74) is 4.34. The van der Waals surface area contributed by atoms with Crippen LogP contribution in [0.5, 0.6) is 5.75 Å². The van der Waals surface area contributed by atoms with E-state index in [1.54, 1.807) is 0 Å². The summed E-state index contributed by atoms with van der Waals surface area (Å²) in [7, 11) is 1.34. The number of carbonyl (C=O) groups excluding carboxylic acids is 1. The van der Waals surface area contributed by atoms with E-state index < -0.39 is 6.09 Å². The van der Waals surface area contributed by atoms with E-state index in [9.17, 15) is 4.79 Å². The number of anilines is 1. The predicted octanol–water partition coefficient (Wildman–Crippen LogP) is 3.72. The number of hydrogen-bond acceptors (Lipinski definition) is 4. The van der Waals surface area contributed by atoms with E-state index in [4.69, 9.17) is 4.74 Å². The molecule has 0 spiro atoms. The van der Waals surface area contributed by atoms with Crippen LogP contribution in [0.15, 0.2) is 47.5 Å². The number of carbonyl (C=O) groups is 1. The average Bonchev–Trinajstić information content (AvgIpc) is 3.21. The van der Waals surface area contributed by atoms with Gasteiger partial charge in [0.1, 0.15) is 5.75 Å². The van der Waals surface area contributed by atoms with E-state index in [0.717, 1.165) is 49.8 Å². The molecule has 0 unspecified atom stereocenters. The Balaban J connectivity index is 0.00000320. The molecule has 1 aliphatic heterocycles. The molecule has 3 rings (SSSR count). The van der Waals surface area contributed by atoms with Crippen molar-refractivity contribution in [3.63, 3.8) is 0 Å². The van der Waals surface area contributed by atoms with Gasteiger partial charge in [0.05, 0.1) is 20.3 Å². The molecule has 7 nitrogen and oxygen atoms in total. The number of ether oxygens (including phenoxy) is 2. The Kier molecular flexibility index (Phi) is 9.72. The Labute approximate surface area is 194 Å². The molecule has 162 valence electrons. The number of guanidine groups is 1. The number of rotatable bonds is 7. The molecule has 0 fully saturated rings. The fraction of sp³-hybridized carbons (Fsp3) is 0.364. The van der Waals surface area contributed by atoms with Crippen LogP contribution in [0.2, 0.25) is 0 Å². The number of nitrogens with one attached hydrogen (secondary N) is 3. The lowest BCUT2D eigenvalue weighted by atomic mass is 10.1. The Morgan fingerprint density at radius 1 is 1.13 bits per heavy atom. The van der Waals surface area contributed by atoms with Gasteiger partial charge in [0.2, 0.25) is 0 Å². The van der Waals surface area contributed by atoms with Crippen molar-refractivity contribution in [2.75, 3.05) is 32.1 Å². The normalized spacial score (nSPS) is 12.3. The summed E-state index contributed by atoms with van der Waals surface area (Å²) in [6.45, 7) is 4.97. The fourth-order valence-corrected chi connectivity index (χ4v) is 3.10. The largest absolute Gasteiger partial charge is 0.493 e. The standard InChI is InChI=1S/C22H28N4O3.HI/c1-3-23-21(24-12-10-16-6-9-20-18(14-16)11-13-29-20)25-15-17-4-7-19(8-5-17)26-22(27)28-2;/h4-9,14H,3,10-13,15H2,1-2H3,(H,26,27)(H2,23,24,25);1H. The average molecular weight is 524 g/mol. The number of nitrogens with zero attached hydrogens (tertiary/aromatic N) is 1. The number of benzene rings is 2. The number of aliphatic imine (C=N–C) groups is 1. The van der Waals surface area contributed by atoms with Crippen LogP contribution < -0.4 is 20.7 Å². The van der Waals surface area contributed by atoms with Crippen molar-refractivity contribution in [2.24, 2.45) is 4.99 Å². The summed E-state index contributed by atoms with van der Waals surface area (Å²) in [6.07, 6.45) is 1.44. The summed E-state index contributed by atoms with van der Waals surface area (Å²) in [4.78, 5) is 15.9. The van der Waals surface area contributed by atoms with E-state index in [1.165, 1.54) is 18.2 Å². The predicted molar refractivity (Wildman–Crippen MR) is 130 cm³/mol. The van der Waals surface area contributed by atoms with Crippen molar-refractivity contribution in [3.8, 4) is 5.75 Å². The number of methoxy groups -OCH3 is 1. The van der Waals surface area contributed by atoms with Gasteiger partial charge < -0.3 is 20.1 Å². The topological polar surface area (TPSA) is 84.0 Å². The first-order valence-electron chi connectivity index (χ1n) is 9.88.